The van der Waals surface area contributed by atoms with Gasteiger partial charge in [-0.15, -0.1) is 11.3 Å². The van der Waals surface area contributed by atoms with E-state index in [1.54, 1.807) is 0 Å². The molecule has 0 saturated heterocycles. The molecule has 0 aliphatic heterocycles. The van der Waals surface area contributed by atoms with Crippen LogP contribution in [0.5, 0.6) is 0 Å². The fourth-order valence-electron chi connectivity index (χ4n) is 6.92. The molecule has 48 heavy (non-hydrogen) atoms. The van der Waals surface area contributed by atoms with Crippen molar-refractivity contribution >= 4 is 59.1 Å². The lowest BCUT2D eigenvalue weighted by Gasteiger charge is -2.11. The third-order valence-corrected chi connectivity index (χ3v) is 10.3. The van der Waals surface area contributed by atoms with E-state index in [1.165, 1.54) is 25.7 Å². The van der Waals surface area contributed by atoms with Crippen LogP contribution in [-0.2, 0) is 0 Å². The quantitative estimate of drug-likeness (QED) is 0.194. The Morgan fingerprint density at radius 2 is 1.06 bits per heavy atom. The van der Waals surface area contributed by atoms with E-state index in [4.69, 9.17) is 15.0 Å². The number of hydrogen-bond acceptors (Lipinski definition) is 4. The lowest BCUT2D eigenvalue weighted by atomic mass is 9.99. The molecule has 0 fully saturated rings. The van der Waals surface area contributed by atoms with Gasteiger partial charge >= 0.3 is 0 Å². The molecule has 0 aliphatic carbocycles. The van der Waals surface area contributed by atoms with Crippen molar-refractivity contribution in [3.8, 4) is 45.0 Å². The number of nitrogens with zero attached hydrogens (tertiary/aromatic N) is 4. The molecule has 0 atom stereocenters. The summed E-state index contributed by atoms with van der Waals surface area (Å²) in [5.41, 5.74) is 10.4. The summed E-state index contributed by atoms with van der Waals surface area (Å²) in [6, 6.07) is 55.3. The van der Waals surface area contributed by atoms with Gasteiger partial charge in [0.15, 0.2) is 5.82 Å². The lowest BCUT2D eigenvalue weighted by Crippen LogP contribution is -1.96. The molecule has 0 radical (unpaired) electrons. The Labute approximate surface area is 280 Å². The zero-order valence-electron chi connectivity index (χ0n) is 25.7. The van der Waals surface area contributed by atoms with Crippen molar-refractivity contribution in [1.29, 1.82) is 0 Å². The van der Waals surface area contributed by atoms with Crippen LogP contribution in [0.3, 0.4) is 0 Å². The molecule has 4 heterocycles. The Kier molecular flexibility index (Phi) is 6.01. The van der Waals surface area contributed by atoms with Crippen LogP contribution in [0.2, 0.25) is 0 Å². The smallest absolute Gasteiger partial charge is 0.160 e. The fourth-order valence-corrected chi connectivity index (χ4v) is 8.13. The summed E-state index contributed by atoms with van der Waals surface area (Å²) >= 11 is 1.83. The largest absolute Gasteiger partial charge is 0.283 e. The minimum Gasteiger partial charge on any atom is -0.283 e. The molecule has 10 rings (SSSR count). The Bertz CT molecular complexity index is 2780. The highest BCUT2D eigenvalue weighted by Gasteiger charge is 2.18. The lowest BCUT2D eigenvalue weighted by molar-refractivity contribution is 1.18. The molecule has 4 aromatic heterocycles. The van der Waals surface area contributed by atoms with Crippen molar-refractivity contribution in [2.45, 2.75) is 0 Å². The first-order chi connectivity index (χ1) is 23.8. The van der Waals surface area contributed by atoms with Gasteiger partial charge in [-0.1, -0.05) is 121 Å². The summed E-state index contributed by atoms with van der Waals surface area (Å²) in [6.45, 7) is 0. The normalized spacial score (nSPS) is 11.8. The van der Waals surface area contributed by atoms with Crippen LogP contribution in [0.15, 0.2) is 158 Å². The molecule has 10 aromatic rings. The zero-order valence-corrected chi connectivity index (χ0v) is 26.5. The van der Waals surface area contributed by atoms with Crippen molar-refractivity contribution in [2.24, 2.45) is 0 Å². The van der Waals surface area contributed by atoms with Gasteiger partial charge in [-0.25, -0.2) is 15.0 Å². The fraction of sp³-hybridized carbons (Fsp3) is 0. The van der Waals surface area contributed by atoms with Crippen molar-refractivity contribution in [1.82, 2.24) is 19.4 Å². The molecule has 0 spiro atoms. The van der Waals surface area contributed by atoms with Crippen molar-refractivity contribution < 1.29 is 0 Å². The highest BCUT2D eigenvalue weighted by Crippen LogP contribution is 2.43. The summed E-state index contributed by atoms with van der Waals surface area (Å²) in [6.07, 6.45) is 0. The molecule has 6 aromatic carbocycles. The number of para-hydroxylation sites is 2. The van der Waals surface area contributed by atoms with E-state index in [9.17, 15) is 0 Å². The van der Waals surface area contributed by atoms with Gasteiger partial charge in [0, 0.05) is 37.5 Å². The Balaban J connectivity index is 1.16. The number of fused-ring (bicyclic) bond motifs is 10. The number of thiophene rings is 1. The monoisotopic (exact) mass is 630 g/mol. The molecule has 5 heteroatoms. The van der Waals surface area contributed by atoms with E-state index < -0.39 is 0 Å². The van der Waals surface area contributed by atoms with Gasteiger partial charge < -0.3 is 0 Å². The van der Waals surface area contributed by atoms with Gasteiger partial charge in [-0.3, -0.25) is 4.40 Å². The van der Waals surface area contributed by atoms with Gasteiger partial charge in [0.25, 0.3) is 0 Å². The van der Waals surface area contributed by atoms with Gasteiger partial charge in [-0.05, 0) is 52.9 Å². The maximum absolute atomic E-state index is 5.08. The first kappa shape index (κ1) is 27.0. The van der Waals surface area contributed by atoms with Gasteiger partial charge in [0.1, 0.15) is 10.5 Å². The maximum Gasteiger partial charge on any atom is 0.160 e. The van der Waals surface area contributed by atoms with Crippen LogP contribution in [0.4, 0.5) is 0 Å². The van der Waals surface area contributed by atoms with E-state index in [0.29, 0.717) is 5.82 Å². The zero-order chi connectivity index (χ0) is 31.6. The van der Waals surface area contributed by atoms with E-state index in [2.05, 4.69) is 126 Å². The van der Waals surface area contributed by atoms with E-state index in [-0.39, 0.29) is 0 Å². The summed E-state index contributed by atoms with van der Waals surface area (Å²) in [5.74, 6) is 0.708. The van der Waals surface area contributed by atoms with Crippen LogP contribution >= 0.6 is 11.3 Å². The standard InChI is InChI=1S/C43H26N4S/c1-3-12-27(13-4-1)36-26-37(28-14-5-2-6-15-28)45-41(44-36)31-17-11-16-29(24-31)30-22-23-39-34(25-30)40-32-18-7-8-19-33(32)42-46-35-20-9-10-21-38(35)47(42)43(40)48-39/h1-26H. The van der Waals surface area contributed by atoms with E-state index >= 15 is 0 Å². The Morgan fingerprint density at radius 1 is 0.438 bits per heavy atom. The van der Waals surface area contributed by atoms with E-state index in [1.807, 2.05) is 47.7 Å². The number of hydrogen-bond donors (Lipinski definition) is 0. The molecular formula is C43H26N4S. The third-order valence-electron chi connectivity index (χ3n) is 9.19. The number of aromatic nitrogens is 4. The summed E-state index contributed by atoms with van der Waals surface area (Å²) in [4.78, 5) is 16.5. The molecule has 0 N–H and O–H groups in total. The summed E-state index contributed by atoms with van der Waals surface area (Å²) < 4.78 is 3.60. The van der Waals surface area contributed by atoms with Crippen LogP contribution in [0.25, 0.3) is 92.8 Å². The van der Waals surface area contributed by atoms with Crippen LogP contribution in [0, 0.1) is 0 Å². The summed E-state index contributed by atoms with van der Waals surface area (Å²) in [5, 5.41) is 4.91. The SMILES string of the molecule is c1ccc(-c2cc(-c3ccccc3)nc(-c3cccc(-c4ccc5sc6c(c5c4)c4ccccc4c4nc5ccccc5n46)c3)n2)cc1. The molecule has 0 amide bonds. The molecule has 0 saturated carbocycles. The highest BCUT2D eigenvalue weighted by atomic mass is 32.1. The Morgan fingerprint density at radius 3 is 1.83 bits per heavy atom. The van der Waals surface area contributed by atoms with Crippen molar-refractivity contribution in [3.05, 3.63) is 158 Å². The first-order valence-electron chi connectivity index (χ1n) is 16.0. The molecule has 0 unspecified atom stereocenters. The Hall–Kier alpha value is -6.17. The van der Waals surface area contributed by atoms with Crippen LogP contribution in [-0.4, -0.2) is 19.4 Å². The van der Waals surface area contributed by atoms with Gasteiger partial charge in [0.05, 0.1) is 22.4 Å². The number of benzene rings is 6. The minimum absolute atomic E-state index is 0.708. The van der Waals surface area contributed by atoms with Crippen molar-refractivity contribution in [2.75, 3.05) is 0 Å². The van der Waals surface area contributed by atoms with Crippen molar-refractivity contribution in [3.63, 3.8) is 0 Å². The second kappa shape index (κ2) is 10.7. The molecule has 224 valence electrons. The number of imidazole rings is 1. The third kappa shape index (κ3) is 4.25. The highest BCUT2D eigenvalue weighted by molar-refractivity contribution is 7.25. The molecule has 0 aliphatic rings. The van der Waals surface area contributed by atoms with Gasteiger partial charge in [-0.2, -0.15) is 0 Å². The van der Waals surface area contributed by atoms with Crippen LogP contribution < -0.4 is 0 Å². The topological polar surface area (TPSA) is 43.1 Å². The minimum atomic E-state index is 0.708. The molecule has 4 nitrogen and oxygen atoms in total. The second-order valence-corrected chi connectivity index (χ2v) is 13.1. The second-order valence-electron chi connectivity index (χ2n) is 12.1. The number of pyridine rings is 1. The maximum atomic E-state index is 5.08. The average molecular weight is 631 g/mol. The predicted octanol–water partition coefficient (Wildman–Crippen LogP) is 11.5. The van der Waals surface area contributed by atoms with E-state index in [0.717, 1.165) is 61.3 Å². The number of rotatable bonds is 4. The molecular weight excluding hydrogens is 605 g/mol. The first-order valence-corrected chi connectivity index (χ1v) is 16.9. The van der Waals surface area contributed by atoms with Crippen LogP contribution in [0.1, 0.15) is 0 Å². The predicted molar refractivity (Wildman–Crippen MR) is 200 cm³/mol. The molecule has 0 bridgehead atoms. The van der Waals surface area contributed by atoms with Gasteiger partial charge in [0.2, 0.25) is 0 Å². The summed E-state index contributed by atoms with van der Waals surface area (Å²) in [7, 11) is 0. The average Bonchev–Trinajstić information content (AvgIpc) is 3.74.